The Bertz CT molecular complexity index is 584. The molecular weight excluding hydrogens is 288 g/mol. The lowest BCUT2D eigenvalue weighted by Gasteiger charge is -2.22. The van der Waals surface area contributed by atoms with Crippen LogP contribution in [0, 0.1) is 0 Å². The Morgan fingerprint density at radius 2 is 2.16 bits per heavy atom. The maximum absolute atomic E-state index is 11.8. The Hall–Kier alpha value is -1.27. The molecule has 0 bridgehead atoms. The number of benzene rings is 1. The Morgan fingerprint density at radius 1 is 1.47 bits per heavy atom. The van der Waals surface area contributed by atoms with E-state index in [4.69, 9.17) is 11.6 Å². The molecule has 1 fully saturated rings. The molecule has 19 heavy (non-hydrogen) atoms. The highest BCUT2D eigenvalue weighted by Crippen LogP contribution is 2.22. The fraction of sp³-hybridized carbons (Fsp3) is 0.417. The summed E-state index contributed by atoms with van der Waals surface area (Å²) < 4.78 is 24.6. The lowest BCUT2D eigenvalue weighted by molar-refractivity contribution is -0.119. The van der Waals surface area contributed by atoms with Crippen LogP contribution in [0.15, 0.2) is 24.3 Å². The Labute approximate surface area is 117 Å². The van der Waals surface area contributed by atoms with Gasteiger partial charge in [-0.2, -0.15) is 0 Å². The van der Waals surface area contributed by atoms with Crippen LogP contribution in [0.5, 0.6) is 0 Å². The van der Waals surface area contributed by atoms with Crippen molar-refractivity contribution in [1.82, 2.24) is 5.32 Å². The molecule has 1 amide bonds. The van der Waals surface area contributed by atoms with E-state index in [1.165, 1.54) is 6.07 Å². The molecule has 1 aliphatic carbocycles. The van der Waals surface area contributed by atoms with E-state index >= 15 is 0 Å². The van der Waals surface area contributed by atoms with Crippen molar-refractivity contribution < 1.29 is 13.2 Å². The molecule has 7 heteroatoms. The van der Waals surface area contributed by atoms with Gasteiger partial charge in [-0.15, -0.1) is 0 Å². The molecule has 0 atom stereocenters. The molecule has 104 valence electrons. The van der Waals surface area contributed by atoms with Crippen molar-refractivity contribution in [1.29, 1.82) is 0 Å². The van der Waals surface area contributed by atoms with Gasteiger partial charge in [0.15, 0.2) is 0 Å². The third-order valence-corrected chi connectivity index (χ3v) is 4.10. The van der Waals surface area contributed by atoms with Gasteiger partial charge in [-0.3, -0.25) is 9.10 Å². The van der Waals surface area contributed by atoms with Crippen LogP contribution in [0.1, 0.15) is 12.8 Å². The van der Waals surface area contributed by atoms with E-state index < -0.39 is 10.0 Å². The van der Waals surface area contributed by atoms with Crippen LogP contribution in [0.3, 0.4) is 0 Å². The highest BCUT2D eigenvalue weighted by Gasteiger charge is 2.26. The normalized spacial score (nSPS) is 15.1. The molecule has 1 saturated carbocycles. The molecule has 0 spiro atoms. The zero-order valence-electron chi connectivity index (χ0n) is 10.5. The second-order valence-electron chi connectivity index (χ2n) is 4.59. The minimum absolute atomic E-state index is 0.202. The van der Waals surface area contributed by atoms with E-state index in [0.29, 0.717) is 10.7 Å². The summed E-state index contributed by atoms with van der Waals surface area (Å²) in [7, 11) is -3.53. The Kier molecular flexibility index (Phi) is 4.01. The highest BCUT2D eigenvalue weighted by molar-refractivity contribution is 7.92. The first-order valence-electron chi connectivity index (χ1n) is 5.89. The third kappa shape index (κ3) is 4.11. The van der Waals surface area contributed by atoms with Gasteiger partial charge in [0.1, 0.15) is 6.54 Å². The van der Waals surface area contributed by atoms with Crippen molar-refractivity contribution in [3.05, 3.63) is 29.3 Å². The lowest BCUT2D eigenvalue weighted by Crippen LogP contribution is -2.41. The average Bonchev–Trinajstić information content (AvgIpc) is 3.08. The predicted molar refractivity (Wildman–Crippen MR) is 74.8 cm³/mol. The zero-order chi connectivity index (χ0) is 14.0. The van der Waals surface area contributed by atoms with Gasteiger partial charge in [-0.25, -0.2) is 8.42 Å². The van der Waals surface area contributed by atoms with Crippen molar-refractivity contribution in [3.63, 3.8) is 0 Å². The molecule has 1 N–H and O–H groups in total. The van der Waals surface area contributed by atoms with Gasteiger partial charge in [-0.05, 0) is 31.0 Å². The van der Waals surface area contributed by atoms with Crippen LogP contribution in [-0.4, -0.2) is 33.2 Å². The highest BCUT2D eigenvalue weighted by atomic mass is 35.5. The SMILES string of the molecule is CS(=O)(=O)N(CC(=O)NC1CC1)c1cccc(Cl)c1. The number of nitrogens with one attached hydrogen (secondary N) is 1. The van der Waals surface area contributed by atoms with Crippen LogP contribution in [-0.2, 0) is 14.8 Å². The number of hydrogen-bond acceptors (Lipinski definition) is 3. The summed E-state index contributed by atoms with van der Waals surface area (Å²) in [6, 6.07) is 6.63. The fourth-order valence-electron chi connectivity index (χ4n) is 1.66. The van der Waals surface area contributed by atoms with E-state index in [9.17, 15) is 13.2 Å². The molecule has 0 aliphatic heterocycles. The fourth-order valence-corrected chi connectivity index (χ4v) is 2.70. The van der Waals surface area contributed by atoms with Gasteiger partial charge in [0, 0.05) is 11.1 Å². The number of rotatable bonds is 5. The second kappa shape index (κ2) is 5.38. The standard InChI is InChI=1S/C12H15ClN2O3S/c1-19(17,18)15(8-12(16)14-10-5-6-10)11-4-2-3-9(13)7-11/h2-4,7,10H,5-6,8H2,1H3,(H,14,16). The van der Waals surface area contributed by atoms with Crippen molar-refractivity contribution in [2.45, 2.75) is 18.9 Å². The minimum atomic E-state index is -3.53. The lowest BCUT2D eigenvalue weighted by atomic mass is 10.3. The van der Waals surface area contributed by atoms with Crippen LogP contribution >= 0.6 is 11.6 Å². The van der Waals surface area contributed by atoms with Gasteiger partial charge < -0.3 is 5.32 Å². The summed E-state index contributed by atoms with van der Waals surface area (Å²) >= 11 is 5.85. The number of anilines is 1. The van der Waals surface area contributed by atoms with E-state index in [0.717, 1.165) is 23.4 Å². The quantitative estimate of drug-likeness (QED) is 0.893. The molecule has 0 heterocycles. The van der Waals surface area contributed by atoms with E-state index in [1.807, 2.05) is 0 Å². The average molecular weight is 303 g/mol. The van der Waals surface area contributed by atoms with Gasteiger partial charge >= 0.3 is 0 Å². The molecule has 0 saturated heterocycles. The van der Waals surface area contributed by atoms with E-state index in [-0.39, 0.29) is 18.5 Å². The van der Waals surface area contributed by atoms with Gasteiger partial charge in [-0.1, -0.05) is 17.7 Å². The number of nitrogens with zero attached hydrogens (tertiary/aromatic N) is 1. The number of carbonyl (C=O) groups is 1. The molecule has 1 aromatic rings. The van der Waals surface area contributed by atoms with Crippen molar-refractivity contribution in [2.24, 2.45) is 0 Å². The molecule has 1 aromatic carbocycles. The molecule has 0 unspecified atom stereocenters. The van der Waals surface area contributed by atoms with Crippen molar-refractivity contribution in [3.8, 4) is 0 Å². The first kappa shape index (κ1) is 14.1. The molecular formula is C12H15ClN2O3S. The van der Waals surface area contributed by atoms with Crippen molar-refractivity contribution in [2.75, 3.05) is 17.1 Å². The largest absolute Gasteiger partial charge is 0.352 e. The summed E-state index contributed by atoms with van der Waals surface area (Å²) in [4.78, 5) is 11.8. The first-order chi connectivity index (χ1) is 8.86. The minimum Gasteiger partial charge on any atom is -0.352 e. The van der Waals surface area contributed by atoms with Crippen LogP contribution < -0.4 is 9.62 Å². The zero-order valence-corrected chi connectivity index (χ0v) is 12.0. The van der Waals surface area contributed by atoms with Gasteiger partial charge in [0.05, 0.1) is 11.9 Å². The Morgan fingerprint density at radius 3 is 2.68 bits per heavy atom. The molecule has 0 aromatic heterocycles. The van der Waals surface area contributed by atoms with Crippen LogP contribution in [0.25, 0.3) is 0 Å². The smallest absolute Gasteiger partial charge is 0.240 e. The monoisotopic (exact) mass is 302 g/mol. The number of hydrogen-bond donors (Lipinski definition) is 1. The second-order valence-corrected chi connectivity index (χ2v) is 6.93. The molecule has 2 rings (SSSR count). The van der Waals surface area contributed by atoms with E-state index in [2.05, 4.69) is 5.32 Å². The van der Waals surface area contributed by atoms with Gasteiger partial charge in [0.2, 0.25) is 15.9 Å². The summed E-state index contributed by atoms with van der Waals surface area (Å²) in [5.41, 5.74) is 0.390. The number of carbonyl (C=O) groups excluding carboxylic acids is 1. The van der Waals surface area contributed by atoms with Crippen LogP contribution in [0.2, 0.25) is 5.02 Å². The van der Waals surface area contributed by atoms with Crippen LogP contribution in [0.4, 0.5) is 5.69 Å². The van der Waals surface area contributed by atoms with E-state index in [1.54, 1.807) is 18.2 Å². The third-order valence-electron chi connectivity index (χ3n) is 2.73. The molecule has 5 nitrogen and oxygen atoms in total. The topological polar surface area (TPSA) is 66.5 Å². The van der Waals surface area contributed by atoms with Crippen molar-refractivity contribution >= 4 is 33.2 Å². The summed E-state index contributed by atoms with van der Waals surface area (Å²) in [5.74, 6) is -0.298. The Balaban J connectivity index is 2.18. The number of halogens is 1. The summed E-state index contributed by atoms with van der Waals surface area (Å²) in [6.07, 6.45) is 2.99. The predicted octanol–water partition coefficient (Wildman–Crippen LogP) is 1.38. The summed E-state index contributed by atoms with van der Waals surface area (Å²) in [5, 5.41) is 3.19. The maximum Gasteiger partial charge on any atom is 0.240 e. The molecule has 1 aliphatic rings. The number of amides is 1. The molecule has 0 radical (unpaired) electrons. The maximum atomic E-state index is 11.8. The first-order valence-corrected chi connectivity index (χ1v) is 8.11. The number of sulfonamides is 1. The van der Waals surface area contributed by atoms with Gasteiger partial charge in [0.25, 0.3) is 0 Å². The summed E-state index contributed by atoms with van der Waals surface area (Å²) in [6.45, 7) is -0.227.